The van der Waals surface area contributed by atoms with Crippen LogP contribution >= 0.6 is 24.0 Å². The molecule has 4 aromatic carbocycles. The first-order valence-electron chi connectivity index (χ1n) is 29.9. The number of carbonyl (C=O) groups is 5. The lowest BCUT2D eigenvalue weighted by atomic mass is 10.2. The first-order valence-corrected chi connectivity index (χ1v) is 31.3. The minimum absolute atomic E-state index is 0.0162. The van der Waals surface area contributed by atoms with Gasteiger partial charge in [0.05, 0.1) is 0 Å². The maximum Gasteiger partial charge on any atom is 0.375 e. The molecule has 25 nitrogen and oxygen atoms in total. The van der Waals surface area contributed by atoms with Gasteiger partial charge in [0, 0.05) is 89.3 Å². The molecule has 512 valence electrons. The summed E-state index contributed by atoms with van der Waals surface area (Å²) in [5.41, 5.74) is 3.00. The number of aryl methyl sites for hydroxylation is 5. The summed E-state index contributed by atoms with van der Waals surface area (Å²) < 4.78 is 41.4. The summed E-state index contributed by atoms with van der Waals surface area (Å²) in [7, 11) is 7.77. The van der Waals surface area contributed by atoms with E-state index in [9.17, 15) is 53.1 Å². The highest BCUT2D eigenvalue weighted by Crippen LogP contribution is 2.26. The number of nitrogens with zero attached hydrogens (tertiary/aromatic N) is 3. The fourth-order valence-electron chi connectivity index (χ4n) is 8.87. The van der Waals surface area contributed by atoms with Gasteiger partial charge < -0.3 is 67.5 Å². The number of thioether (sulfide) groups is 1. The molecule has 0 aliphatic carbocycles. The number of ether oxygens (including phenoxy) is 4. The predicted molar refractivity (Wildman–Crippen MR) is 370 cm³/mol. The van der Waals surface area contributed by atoms with E-state index in [1.807, 2.05) is 121 Å². The molecular formula is C71H72N6O19S2. The minimum atomic E-state index is -1.33. The van der Waals surface area contributed by atoms with E-state index in [4.69, 9.17) is 49.5 Å². The predicted octanol–water partition coefficient (Wildman–Crippen LogP) is 8.50. The van der Waals surface area contributed by atoms with Crippen molar-refractivity contribution in [1.82, 2.24) is 30.0 Å². The molecule has 9 aromatic rings. The summed E-state index contributed by atoms with van der Waals surface area (Å²) >= 11 is 6.60. The van der Waals surface area contributed by atoms with E-state index in [2.05, 4.69) is 16.0 Å². The molecule has 1 aliphatic heterocycles. The number of benzene rings is 4. The second-order valence-electron chi connectivity index (χ2n) is 21.1. The van der Waals surface area contributed by atoms with Gasteiger partial charge in [0.15, 0.2) is 22.9 Å². The van der Waals surface area contributed by atoms with E-state index in [0.29, 0.717) is 33.8 Å². The molecule has 98 heavy (non-hydrogen) atoms. The van der Waals surface area contributed by atoms with Crippen molar-refractivity contribution in [1.29, 1.82) is 0 Å². The highest BCUT2D eigenvalue weighted by Gasteiger charge is 2.31. The third-order valence-corrected chi connectivity index (χ3v) is 15.4. The zero-order valence-corrected chi connectivity index (χ0v) is 56.8. The van der Waals surface area contributed by atoms with Crippen LogP contribution in [0.25, 0.3) is 0 Å². The fourth-order valence-corrected chi connectivity index (χ4v) is 10.1. The molecule has 0 atom stereocenters. The lowest BCUT2D eigenvalue weighted by Crippen LogP contribution is -2.32. The number of rotatable bonds is 17. The van der Waals surface area contributed by atoms with Gasteiger partial charge >= 0.3 is 5.97 Å². The second kappa shape index (κ2) is 36.3. The summed E-state index contributed by atoms with van der Waals surface area (Å²) in [4.78, 5) is 120. The van der Waals surface area contributed by atoms with Crippen molar-refractivity contribution in [3.05, 3.63) is 282 Å². The van der Waals surface area contributed by atoms with E-state index in [1.165, 1.54) is 79.6 Å². The van der Waals surface area contributed by atoms with E-state index in [0.717, 1.165) is 28.0 Å². The van der Waals surface area contributed by atoms with Crippen LogP contribution in [0.1, 0.15) is 104 Å². The smallest absolute Gasteiger partial charge is 0.375 e. The Morgan fingerprint density at radius 3 is 1.17 bits per heavy atom. The Kier molecular flexibility index (Phi) is 28.0. The first-order chi connectivity index (χ1) is 46.8. The fraction of sp³-hybridized carbons (Fsp3) is 0.225. The molecule has 0 radical (unpaired) electrons. The zero-order valence-electron chi connectivity index (χ0n) is 55.2. The first kappa shape index (κ1) is 75.4. The molecule has 1 saturated heterocycles. The van der Waals surface area contributed by atoms with Crippen LogP contribution < -0.4 is 62.0 Å². The summed E-state index contributed by atoms with van der Waals surface area (Å²) in [6.07, 6.45) is 0. The molecule has 27 heteroatoms. The lowest BCUT2D eigenvalue weighted by Gasteiger charge is -2.16. The average Bonchev–Trinajstić information content (AvgIpc) is 1.30. The minimum Gasteiger partial charge on any atom is -0.503 e. The van der Waals surface area contributed by atoms with Gasteiger partial charge in [0.2, 0.25) is 55.9 Å². The third kappa shape index (κ3) is 20.7. The number of carbonyl (C=O) groups excluding carboxylic acids is 4. The molecule has 5 aromatic heterocycles. The van der Waals surface area contributed by atoms with Crippen LogP contribution in [-0.2, 0) is 40.5 Å². The average molecular weight is 1380 g/mol. The largest absolute Gasteiger partial charge is 0.503 e. The van der Waals surface area contributed by atoms with Gasteiger partial charge in [-0.1, -0.05) is 145 Å². The van der Waals surface area contributed by atoms with Gasteiger partial charge in [-0.05, 0) is 56.9 Å². The normalized spacial score (nSPS) is 11.1. The third-order valence-electron chi connectivity index (χ3n) is 14.0. The monoisotopic (exact) mass is 1380 g/mol. The van der Waals surface area contributed by atoms with Crippen molar-refractivity contribution in [3.8, 4) is 28.7 Å². The number of thiocarbonyl (C=S) groups is 1. The maximum absolute atomic E-state index is 12.7. The Labute approximate surface area is 571 Å². The number of hydrogen-bond acceptors (Lipinski definition) is 20. The van der Waals surface area contributed by atoms with Crippen LogP contribution in [0.15, 0.2) is 189 Å². The SMILES string of the molecule is CNC(=O)c1c(O)c(=O)cc(C)n1C.CNC(=O)c1c(OCc2ccccc2)c(=O)cc(C)n1C.CNC(=O)c1oc(C)cc(=O)c1OCc1ccccc1.Cc1cc(=O)c(OCc2ccccc2)c(C(=O)N2CCSC2=S)o1.Cc1cc(=O)c(OCc2ccccc2)c(C(=O)O)o1. The number of nitrogens with one attached hydrogen (secondary N) is 3. The summed E-state index contributed by atoms with van der Waals surface area (Å²) in [6.45, 7) is 9.41. The number of aromatic nitrogens is 2. The molecule has 1 aliphatic rings. The lowest BCUT2D eigenvalue weighted by molar-refractivity contribution is 0.0647. The van der Waals surface area contributed by atoms with Gasteiger partial charge in [-0.2, -0.15) is 0 Å². The molecule has 0 saturated carbocycles. The van der Waals surface area contributed by atoms with Crippen LogP contribution in [-0.4, -0.2) is 91.6 Å². The zero-order chi connectivity index (χ0) is 71.8. The Morgan fingerprint density at radius 1 is 0.469 bits per heavy atom. The number of aromatic carboxylic acids is 1. The van der Waals surface area contributed by atoms with Gasteiger partial charge in [-0.15, -0.1) is 0 Å². The van der Waals surface area contributed by atoms with Crippen molar-refractivity contribution in [2.24, 2.45) is 14.1 Å². The van der Waals surface area contributed by atoms with Crippen LogP contribution in [0, 0.1) is 34.6 Å². The summed E-state index contributed by atoms with van der Waals surface area (Å²) in [6, 6.07) is 44.0. The number of aromatic hydroxyl groups is 1. The van der Waals surface area contributed by atoms with Crippen molar-refractivity contribution >= 4 is 57.9 Å². The van der Waals surface area contributed by atoms with Crippen molar-refractivity contribution in [2.45, 2.75) is 61.0 Å². The number of amides is 4. The highest BCUT2D eigenvalue weighted by molar-refractivity contribution is 8.23. The van der Waals surface area contributed by atoms with Crippen LogP contribution in [0.3, 0.4) is 0 Å². The Hall–Kier alpha value is -11.6. The number of pyridine rings is 2. The number of carboxylic acid groups (broad SMARTS) is 1. The van der Waals surface area contributed by atoms with E-state index in [1.54, 1.807) is 46.4 Å². The number of carboxylic acids is 1. The van der Waals surface area contributed by atoms with Crippen molar-refractivity contribution in [2.75, 3.05) is 33.4 Å². The van der Waals surface area contributed by atoms with Gasteiger partial charge in [0.25, 0.3) is 29.4 Å². The van der Waals surface area contributed by atoms with E-state index in [-0.39, 0.29) is 100 Å². The molecule has 4 amide bonds. The van der Waals surface area contributed by atoms with Gasteiger partial charge in [-0.3, -0.25) is 48.1 Å². The molecule has 1 fully saturated rings. The molecule has 6 heterocycles. The molecule has 10 rings (SSSR count). The second-order valence-corrected chi connectivity index (χ2v) is 22.9. The molecule has 0 unspecified atom stereocenters. The molecule has 5 N–H and O–H groups in total. The summed E-state index contributed by atoms with van der Waals surface area (Å²) in [5, 5.41) is 25.7. The molecule has 0 spiro atoms. The van der Waals surface area contributed by atoms with E-state index >= 15 is 0 Å². The van der Waals surface area contributed by atoms with Crippen molar-refractivity contribution < 1.29 is 66.4 Å². The van der Waals surface area contributed by atoms with Crippen molar-refractivity contribution in [3.63, 3.8) is 0 Å². The molecular weight excluding hydrogens is 1300 g/mol. The van der Waals surface area contributed by atoms with E-state index < -0.39 is 46.1 Å². The Balaban J connectivity index is 0.000000195. The van der Waals surface area contributed by atoms with Crippen LogP contribution in [0.5, 0.6) is 28.7 Å². The van der Waals surface area contributed by atoms with Gasteiger partial charge in [0.1, 0.15) is 48.0 Å². The Bertz CT molecular complexity index is 4630. The van der Waals surface area contributed by atoms with Gasteiger partial charge in [-0.25, -0.2) is 4.79 Å². The Morgan fingerprint density at radius 2 is 0.796 bits per heavy atom. The quantitative estimate of drug-likeness (QED) is 0.0533. The highest BCUT2D eigenvalue weighted by atomic mass is 32.2. The summed E-state index contributed by atoms with van der Waals surface area (Å²) in [5.74, 6) is -2.93. The number of hydrogen-bond donors (Lipinski definition) is 5. The molecule has 0 bridgehead atoms. The standard InChI is InChI=1S/C17H15NO4S2.C16H18N2O3.C15H15NO4.C14H12O5.C9H12N2O3/c1-11-9-13(19)14(21-10-12-5-3-2-4-6-12)15(22-11)16(20)18-7-8-24-17(18)23;1-11-9-13(19)15(14(18(11)3)16(20)17-2)21-10-12-7-5-4-6-8-12;1-10-8-12(17)13(14(20-10)15(18)16-2)19-9-11-6-4-3-5-7-11;1-9-7-11(15)12(13(19-9)14(16)17)18-8-10-5-3-2-4-6-10;1-5-4-6(12)8(13)7(11(5)3)9(14)10-2/h2-6,9H,7-8,10H2,1H3;4-9H,10H2,1-3H3,(H,17,20);3-8H,9H2,1-2H3,(H,16,18);2-7H,8H2,1H3,(H,16,17);4,13H,1-3H3,(H,10,14). The van der Waals surface area contributed by atoms with Crippen LogP contribution in [0.4, 0.5) is 0 Å². The maximum atomic E-state index is 12.7. The topological polar surface area (TPSA) is 337 Å². The van der Waals surface area contributed by atoms with Crippen LogP contribution in [0.2, 0.25) is 0 Å².